The Labute approximate surface area is 189 Å². The van der Waals surface area contributed by atoms with E-state index in [-0.39, 0.29) is 18.0 Å². The van der Waals surface area contributed by atoms with Gasteiger partial charge < -0.3 is 25.0 Å². The van der Waals surface area contributed by atoms with Gasteiger partial charge in [0.1, 0.15) is 22.8 Å². The molecule has 1 aliphatic carbocycles. The van der Waals surface area contributed by atoms with Crippen molar-refractivity contribution in [3.8, 4) is 0 Å². The molecule has 1 aromatic carbocycles. The van der Waals surface area contributed by atoms with E-state index in [0.29, 0.717) is 49.5 Å². The molecule has 3 heterocycles. The third-order valence-electron chi connectivity index (χ3n) is 6.51. The van der Waals surface area contributed by atoms with Crippen molar-refractivity contribution in [1.29, 1.82) is 0 Å². The quantitative estimate of drug-likeness (QED) is 0.513. The second-order valence-corrected chi connectivity index (χ2v) is 9.17. The molecule has 10 heteroatoms. The Morgan fingerprint density at radius 2 is 1.85 bits per heavy atom. The number of hydrogen-bond acceptors (Lipinski definition) is 6. The molecule has 0 radical (unpaired) electrons. The molecule has 5 rings (SSSR count). The fourth-order valence-corrected chi connectivity index (χ4v) is 4.63. The molecule has 2 fully saturated rings. The fraction of sp³-hybridized carbons (Fsp3) is 0.478. The van der Waals surface area contributed by atoms with E-state index in [4.69, 9.17) is 4.74 Å². The van der Waals surface area contributed by atoms with Crippen LogP contribution in [0.2, 0.25) is 0 Å². The smallest absolute Gasteiger partial charge is 0.208 e. The average Bonchev–Trinajstić information content (AvgIpc) is 3.39. The zero-order valence-corrected chi connectivity index (χ0v) is 18.2. The SMILES string of the molecule is CC1(O)CCC(Nc2cc3c(cn2)nc(Nc2c(F)cc(F)cc2F)n3[C@H]2CCOC2)CC1. The summed E-state index contributed by atoms with van der Waals surface area (Å²) in [6.45, 7) is 2.87. The lowest BCUT2D eigenvalue weighted by molar-refractivity contribution is 0.0196. The number of benzene rings is 1. The predicted octanol–water partition coefficient (Wildman–Crippen LogP) is 4.66. The highest BCUT2D eigenvalue weighted by Crippen LogP contribution is 2.34. The van der Waals surface area contributed by atoms with Crippen LogP contribution in [0.15, 0.2) is 24.4 Å². The summed E-state index contributed by atoms with van der Waals surface area (Å²) >= 11 is 0. The zero-order valence-electron chi connectivity index (χ0n) is 18.2. The van der Waals surface area contributed by atoms with Crippen LogP contribution in [0.1, 0.15) is 45.1 Å². The Kier molecular flexibility index (Phi) is 5.65. The van der Waals surface area contributed by atoms with Crippen molar-refractivity contribution in [2.75, 3.05) is 23.8 Å². The third kappa shape index (κ3) is 4.49. The zero-order chi connectivity index (χ0) is 23.2. The average molecular weight is 461 g/mol. The van der Waals surface area contributed by atoms with Crippen LogP contribution in [0.4, 0.5) is 30.6 Å². The number of aliphatic hydroxyl groups is 1. The van der Waals surface area contributed by atoms with E-state index in [0.717, 1.165) is 24.8 Å². The van der Waals surface area contributed by atoms with Gasteiger partial charge in [-0.1, -0.05) is 0 Å². The predicted molar refractivity (Wildman–Crippen MR) is 118 cm³/mol. The van der Waals surface area contributed by atoms with Crippen molar-refractivity contribution in [3.63, 3.8) is 0 Å². The summed E-state index contributed by atoms with van der Waals surface area (Å²) < 4.78 is 49.3. The van der Waals surface area contributed by atoms with E-state index in [1.807, 2.05) is 17.6 Å². The molecule has 3 aromatic rings. The van der Waals surface area contributed by atoms with E-state index in [9.17, 15) is 18.3 Å². The van der Waals surface area contributed by atoms with Gasteiger partial charge in [0.2, 0.25) is 5.95 Å². The van der Waals surface area contributed by atoms with E-state index < -0.39 is 28.7 Å². The van der Waals surface area contributed by atoms with Gasteiger partial charge in [-0.25, -0.2) is 23.1 Å². The Bertz CT molecular complexity index is 1140. The maximum Gasteiger partial charge on any atom is 0.208 e. The van der Waals surface area contributed by atoms with Gasteiger partial charge in [-0.05, 0) is 39.0 Å². The van der Waals surface area contributed by atoms with Crippen LogP contribution < -0.4 is 10.6 Å². The molecule has 1 aliphatic heterocycles. The maximum atomic E-state index is 14.3. The maximum absolute atomic E-state index is 14.3. The lowest BCUT2D eigenvalue weighted by Gasteiger charge is -2.33. The molecule has 0 spiro atoms. The Balaban J connectivity index is 1.49. The number of hydrogen-bond donors (Lipinski definition) is 3. The van der Waals surface area contributed by atoms with Gasteiger partial charge in [0.05, 0.1) is 30.0 Å². The van der Waals surface area contributed by atoms with Crippen molar-refractivity contribution in [2.24, 2.45) is 0 Å². The largest absolute Gasteiger partial charge is 0.390 e. The normalized spacial score (nSPS) is 25.5. The van der Waals surface area contributed by atoms with Crippen LogP contribution in [-0.2, 0) is 4.74 Å². The van der Waals surface area contributed by atoms with Crippen molar-refractivity contribution >= 4 is 28.5 Å². The summed E-state index contributed by atoms with van der Waals surface area (Å²) in [4.78, 5) is 8.98. The van der Waals surface area contributed by atoms with Crippen LogP contribution in [-0.4, -0.2) is 44.5 Å². The third-order valence-corrected chi connectivity index (χ3v) is 6.51. The molecule has 7 nitrogen and oxygen atoms in total. The van der Waals surface area contributed by atoms with Crippen molar-refractivity contribution < 1.29 is 23.0 Å². The Morgan fingerprint density at radius 3 is 2.52 bits per heavy atom. The van der Waals surface area contributed by atoms with E-state index in [1.165, 1.54) is 0 Å². The number of anilines is 3. The minimum atomic E-state index is -1.04. The van der Waals surface area contributed by atoms with Gasteiger partial charge in [-0.3, -0.25) is 0 Å². The minimum absolute atomic E-state index is 0.0795. The monoisotopic (exact) mass is 461 g/mol. The molecular weight excluding hydrogens is 435 g/mol. The highest BCUT2D eigenvalue weighted by Gasteiger charge is 2.29. The van der Waals surface area contributed by atoms with Crippen LogP contribution in [0.5, 0.6) is 0 Å². The molecule has 2 aliphatic rings. The number of halogens is 3. The van der Waals surface area contributed by atoms with Crippen molar-refractivity contribution in [1.82, 2.24) is 14.5 Å². The van der Waals surface area contributed by atoms with E-state index >= 15 is 0 Å². The summed E-state index contributed by atoms with van der Waals surface area (Å²) in [6.07, 6.45) is 5.43. The first-order valence-electron chi connectivity index (χ1n) is 11.2. The summed E-state index contributed by atoms with van der Waals surface area (Å²) in [5, 5.41) is 16.3. The Morgan fingerprint density at radius 1 is 1.12 bits per heavy atom. The minimum Gasteiger partial charge on any atom is -0.390 e. The number of nitrogens with zero attached hydrogens (tertiary/aromatic N) is 3. The van der Waals surface area contributed by atoms with Gasteiger partial charge >= 0.3 is 0 Å². The second-order valence-electron chi connectivity index (χ2n) is 9.17. The van der Waals surface area contributed by atoms with Gasteiger partial charge in [0.25, 0.3) is 0 Å². The highest BCUT2D eigenvalue weighted by molar-refractivity contribution is 5.81. The summed E-state index contributed by atoms with van der Waals surface area (Å²) in [6, 6.07) is 3.24. The van der Waals surface area contributed by atoms with Crippen LogP contribution in [0.3, 0.4) is 0 Å². The second kappa shape index (κ2) is 8.49. The van der Waals surface area contributed by atoms with Gasteiger partial charge in [-0.15, -0.1) is 0 Å². The fourth-order valence-electron chi connectivity index (χ4n) is 4.63. The molecule has 0 unspecified atom stereocenters. The van der Waals surface area contributed by atoms with Gasteiger partial charge in [0, 0.05) is 30.8 Å². The molecule has 3 N–H and O–H groups in total. The molecule has 2 aromatic heterocycles. The molecule has 33 heavy (non-hydrogen) atoms. The number of aromatic nitrogens is 3. The molecule has 1 atom stereocenters. The van der Waals surface area contributed by atoms with Crippen LogP contribution in [0.25, 0.3) is 11.0 Å². The lowest BCUT2D eigenvalue weighted by Crippen LogP contribution is -2.35. The molecule has 0 amide bonds. The first-order chi connectivity index (χ1) is 15.8. The van der Waals surface area contributed by atoms with Gasteiger partial charge in [0.15, 0.2) is 11.6 Å². The highest BCUT2D eigenvalue weighted by atomic mass is 19.1. The first kappa shape index (κ1) is 22.0. The molecule has 1 saturated heterocycles. The number of rotatable bonds is 5. The Hall–Kier alpha value is -2.85. The number of fused-ring (bicyclic) bond motifs is 1. The van der Waals surface area contributed by atoms with Crippen molar-refractivity contribution in [3.05, 3.63) is 41.8 Å². The number of ether oxygens (including phenoxy) is 1. The molecule has 1 saturated carbocycles. The number of nitrogens with one attached hydrogen (secondary N) is 2. The molecule has 0 bridgehead atoms. The first-order valence-corrected chi connectivity index (χ1v) is 11.2. The topological polar surface area (TPSA) is 84.2 Å². The number of pyridine rings is 1. The molecular formula is C23H26F3N5O2. The summed E-state index contributed by atoms with van der Waals surface area (Å²) in [7, 11) is 0. The van der Waals surface area contributed by atoms with Crippen LogP contribution >= 0.6 is 0 Å². The summed E-state index contributed by atoms with van der Waals surface area (Å²) in [5.41, 5.74) is 0.218. The summed E-state index contributed by atoms with van der Waals surface area (Å²) in [5.74, 6) is -2.17. The lowest BCUT2D eigenvalue weighted by atomic mass is 9.84. The van der Waals surface area contributed by atoms with Crippen molar-refractivity contribution in [2.45, 2.75) is 56.7 Å². The van der Waals surface area contributed by atoms with Gasteiger partial charge in [-0.2, -0.15) is 0 Å². The number of imidazole rings is 1. The van der Waals surface area contributed by atoms with E-state index in [1.54, 1.807) is 6.20 Å². The van der Waals surface area contributed by atoms with E-state index in [2.05, 4.69) is 20.6 Å². The molecule has 176 valence electrons. The standard InChI is InChI=1S/C23H26F3N5O2/c1-23(32)5-2-14(3-6-23)28-20-10-19-18(11-27-20)29-22(31(19)15-4-7-33-12-15)30-21-16(25)8-13(24)9-17(21)26/h8-11,14-15,32H,2-7,12H2,1H3,(H,27,28)(H,29,30)/t14?,15-,23?/m0/s1. The van der Waals surface area contributed by atoms with Crippen LogP contribution in [0, 0.1) is 17.5 Å².